The molecule has 3 rings (SSSR count). The summed E-state index contributed by atoms with van der Waals surface area (Å²) in [6, 6.07) is 0. The van der Waals surface area contributed by atoms with Crippen LogP contribution in [0, 0.1) is 17.3 Å². The van der Waals surface area contributed by atoms with Crippen molar-refractivity contribution in [2.45, 2.75) is 77.4 Å². The SMILES string of the molecule is C=C1CCC2O[C@@]2(C)CCC2[C@H]1C[C@]2(C)CC/C=C(/C)CO. The predicted molar refractivity (Wildman–Crippen MR) is 90.7 cm³/mol. The Labute approximate surface area is 135 Å². The summed E-state index contributed by atoms with van der Waals surface area (Å²) in [7, 11) is 0. The van der Waals surface area contributed by atoms with E-state index in [-0.39, 0.29) is 12.2 Å². The van der Waals surface area contributed by atoms with E-state index in [1.165, 1.54) is 37.7 Å². The molecule has 5 atom stereocenters. The van der Waals surface area contributed by atoms with E-state index in [2.05, 4.69) is 26.5 Å². The van der Waals surface area contributed by atoms with Crippen molar-refractivity contribution >= 4 is 0 Å². The van der Waals surface area contributed by atoms with E-state index in [1.807, 2.05) is 6.92 Å². The van der Waals surface area contributed by atoms with Crippen LogP contribution >= 0.6 is 0 Å². The molecule has 0 aromatic carbocycles. The summed E-state index contributed by atoms with van der Waals surface area (Å²) >= 11 is 0. The van der Waals surface area contributed by atoms with E-state index in [4.69, 9.17) is 9.84 Å². The molecule has 0 amide bonds. The number of aliphatic hydroxyl groups is 1. The Morgan fingerprint density at radius 3 is 2.91 bits per heavy atom. The zero-order valence-electron chi connectivity index (χ0n) is 14.5. The molecule has 124 valence electrons. The third kappa shape index (κ3) is 2.92. The van der Waals surface area contributed by atoms with Crippen LogP contribution in [0.1, 0.15) is 65.7 Å². The molecule has 2 heteroatoms. The largest absolute Gasteiger partial charge is 0.392 e. The Balaban J connectivity index is 1.64. The van der Waals surface area contributed by atoms with Gasteiger partial charge in [0.25, 0.3) is 0 Å². The smallest absolute Gasteiger partial charge is 0.0920 e. The molecule has 1 heterocycles. The van der Waals surface area contributed by atoms with Gasteiger partial charge in [0.1, 0.15) is 0 Å². The Morgan fingerprint density at radius 2 is 2.18 bits per heavy atom. The lowest BCUT2D eigenvalue weighted by molar-refractivity contribution is -0.0254. The molecule has 0 aromatic rings. The van der Waals surface area contributed by atoms with Crippen molar-refractivity contribution in [3.05, 3.63) is 23.8 Å². The second kappa shape index (κ2) is 5.79. The van der Waals surface area contributed by atoms with Crippen molar-refractivity contribution in [3.8, 4) is 0 Å². The Kier molecular flexibility index (Phi) is 4.28. The van der Waals surface area contributed by atoms with Gasteiger partial charge >= 0.3 is 0 Å². The molecule has 2 unspecified atom stereocenters. The second-order valence-corrected chi connectivity index (χ2v) is 8.47. The van der Waals surface area contributed by atoms with Crippen LogP contribution < -0.4 is 0 Å². The fourth-order valence-corrected chi connectivity index (χ4v) is 4.92. The average Bonchev–Trinajstić information content (AvgIpc) is 3.11. The van der Waals surface area contributed by atoms with Crippen LogP contribution in [0.25, 0.3) is 0 Å². The first-order valence-electron chi connectivity index (χ1n) is 9.00. The van der Waals surface area contributed by atoms with Crippen LogP contribution in [0.4, 0.5) is 0 Å². The number of epoxide rings is 1. The lowest BCUT2D eigenvalue weighted by Crippen LogP contribution is -2.46. The molecule has 3 aliphatic rings. The van der Waals surface area contributed by atoms with E-state index in [1.54, 1.807) is 0 Å². The van der Waals surface area contributed by atoms with Crippen molar-refractivity contribution in [1.82, 2.24) is 0 Å². The van der Waals surface area contributed by atoms with Gasteiger partial charge in [0.15, 0.2) is 0 Å². The van der Waals surface area contributed by atoms with Crippen molar-refractivity contribution in [2.75, 3.05) is 6.61 Å². The minimum Gasteiger partial charge on any atom is -0.392 e. The van der Waals surface area contributed by atoms with Gasteiger partial charge in [0.2, 0.25) is 0 Å². The summed E-state index contributed by atoms with van der Waals surface area (Å²) < 4.78 is 5.95. The highest BCUT2D eigenvalue weighted by molar-refractivity contribution is 5.17. The summed E-state index contributed by atoms with van der Waals surface area (Å²) in [5.74, 6) is 1.52. The number of hydrogen-bond donors (Lipinski definition) is 1. The van der Waals surface area contributed by atoms with Crippen molar-refractivity contribution < 1.29 is 9.84 Å². The molecule has 2 saturated carbocycles. The third-order valence-corrected chi connectivity index (χ3v) is 6.76. The molecular weight excluding hydrogens is 272 g/mol. The standard InChI is InChI=1S/C20H32O2/c1-14(13-21)6-5-10-19(3)12-16-15(2)7-8-18-20(4,22-18)11-9-17(16)19/h6,16-18,21H,2,5,7-13H2,1,3-4H3/b14-6-/t16-,17?,18?,19-,20-/m0/s1. The van der Waals surface area contributed by atoms with Crippen LogP contribution in [0.15, 0.2) is 23.8 Å². The van der Waals surface area contributed by atoms with Crippen LogP contribution in [0.2, 0.25) is 0 Å². The van der Waals surface area contributed by atoms with Crippen LogP contribution in [-0.4, -0.2) is 23.4 Å². The number of rotatable bonds is 4. The zero-order valence-corrected chi connectivity index (χ0v) is 14.5. The average molecular weight is 304 g/mol. The van der Waals surface area contributed by atoms with Crippen molar-refractivity contribution in [1.29, 1.82) is 0 Å². The molecule has 1 N–H and O–H groups in total. The minimum absolute atomic E-state index is 0.166. The number of fused-ring (bicyclic) bond motifs is 2. The van der Waals surface area contributed by atoms with Crippen molar-refractivity contribution in [3.63, 3.8) is 0 Å². The highest BCUT2D eigenvalue weighted by Gasteiger charge is 2.56. The molecule has 0 spiro atoms. The minimum atomic E-state index is 0.166. The molecule has 0 aromatic heterocycles. The maximum atomic E-state index is 9.13. The molecule has 3 fully saturated rings. The molecule has 0 radical (unpaired) electrons. The van der Waals surface area contributed by atoms with Crippen molar-refractivity contribution in [2.24, 2.45) is 17.3 Å². The highest BCUT2D eigenvalue weighted by atomic mass is 16.6. The maximum Gasteiger partial charge on any atom is 0.0920 e. The van der Waals surface area contributed by atoms with Gasteiger partial charge < -0.3 is 9.84 Å². The van der Waals surface area contributed by atoms with Gasteiger partial charge in [-0.3, -0.25) is 0 Å². The molecule has 1 aliphatic heterocycles. The van der Waals surface area contributed by atoms with Gasteiger partial charge in [-0.05, 0) is 76.0 Å². The van der Waals surface area contributed by atoms with Gasteiger partial charge in [-0.2, -0.15) is 0 Å². The van der Waals surface area contributed by atoms with Gasteiger partial charge in [-0.15, -0.1) is 0 Å². The quantitative estimate of drug-likeness (QED) is 0.606. The monoisotopic (exact) mass is 304 g/mol. The van der Waals surface area contributed by atoms with Crippen LogP contribution in [0.5, 0.6) is 0 Å². The first-order valence-corrected chi connectivity index (χ1v) is 9.00. The maximum absolute atomic E-state index is 9.13. The van der Waals surface area contributed by atoms with Crippen LogP contribution in [0.3, 0.4) is 0 Å². The summed E-state index contributed by atoms with van der Waals surface area (Å²) in [5.41, 5.74) is 3.19. The zero-order chi connectivity index (χ0) is 16.0. The van der Waals surface area contributed by atoms with Gasteiger partial charge in [0, 0.05) is 0 Å². The summed E-state index contributed by atoms with van der Waals surface area (Å²) in [4.78, 5) is 0. The summed E-state index contributed by atoms with van der Waals surface area (Å²) in [5, 5.41) is 9.13. The topological polar surface area (TPSA) is 32.8 Å². The molecular formula is C20H32O2. The predicted octanol–water partition coefficient (Wildman–Crippen LogP) is 4.64. The van der Waals surface area contributed by atoms with E-state index < -0.39 is 0 Å². The number of allylic oxidation sites excluding steroid dienone is 2. The highest BCUT2D eigenvalue weighted by Crippen LogP contribution is 2.61. The fraction of sp³-hybridized carbons (Fsp3) is 0.800. The van der Waals surface area contributed by atoms with Gasteiger partial charge in [-0.1, -0.05) is 30.7 Å². The molecule has 22 heavy (non-hydrogen) atoms. The van der Waals surface area contributed by atoms with E-state index >= 15 is 0 Å². The second-order valence-electron chi connectivity index (χ2n) is 8.47. The van der Waals surface area contributed by atoms with E-state index in [0.29, 0.717) is 11.5 Å². The Bertz CT molecular complexity index is 480. The van der Waals surface area contributed by atoms with Gasteiger partial charge in [0.05, 0.1) is 18.3 Å². The van der Waals surface area contributed by atoms with E-state index in [0.717, 1.165) is 30.3 Å². The van der Waals surface area contributed by atoms with E-state index in [9.17, 15) is 0 Å². The Hall–Kier alpha value is -0.600. The lowest BCUT2D eigenvalue weighted by atomic mass is 9.50. The first-order chi connectivity index (χ1) is 10.4. The van der Waals surface area contributed by atoms with Crippen LogP contribution in [-0.2, 0) is 4.74 Å². The lowest BCUT2D eigenvalue weighted by Gasteiger charge is -2.55. The number of aliphatic hydroxyl groups excluding tert-OH is 1. The third-order valence-electron chi connectivity index (χ3n) is 6.76. The normalized spacial score (nSPS) is 45.0. The summed E-state index contributed by atoms with van der Waals surface area (Å²) in [6.45, 7) is 11.4. The number of hydrogen-bond acceptors (Lipinski definition) is 2. The number of ether oxygens (including phenoxy) is 1. The fourth-order valence-electron chi connectivity index (χ4n) is 4.92. The molecule has 1 saturated heterocycles. The Morgan fingerprint density at radius 1 is 1.41 bits per heavy atom. The molecule has 2 aliphatic carbocycles. The van der Waals surface area contributed by atoms with Gasteiger partial charge in [-0.25, -0.2) is 0 Å². The first kappa shape index (κ1) is 16.3. The molecule has 0 bridgehead atoms. The summed E-state index contributed by atoms with van der Waals surface area (Å²) in [6.07, 6.45) is 11.2. The molecule has 2 nitrogen and oxygen atoms in total.